The smallest absolute Gasteiger partial charge is 0.252 e. The second-order valence-electron chi connectivity index (χ2n) is 3.94. The van der Waals surface area contributed by atoms with Gasteiger partial charge in [-0.15, -0.1) is 0 Å². The number of benzene rings is 1. The van der Waals surface area contributed by atoms with E-state index in [-0.39, 0.29) is 11.6 Å². The van der Waals surface area contributed by atoms with Gasteiger partial charge < -0.3 is 4.57 Å². The number of halogens is 3. The van der Waals surface area contributed by atoms with E-state index in [4.69, 9.17) is 0 Å². The van der Waals surface area contributed by atoms with Crippen LogP contribution in [0.25, 0.3) is 0 Å². The van der Waals surface area contributed by atoms with Crippen molar-refractivity contribution in [2.45, 2.75) is 13.0 Å². The average molecular weight is 314 g/mol. The van der Waals surface area contributed by atoms with Gasteiger partial charge in [-0.2, -0.15) is 0 Å². The maximum Gasteiger partial charge on any atom is 0.252 e. The summed E-state index contributed by atoms with van der Waals surface area (Å²) in [6, 6.07) is 6.42. The van der Waals surface area contributed by atoms with E-state index in [1.165, 1.54) is 16.7 Å². The van der Waals surface area contributed by atoms with Crippen molar-refractivity contribution in [1.29, 1.82) is 0 Å². The molecule has 0 radical (unpaired) electrons. The van der Waals surface area contributed by atoms with Crippen molar-refractivity contribution < 1.29 is 8.78 Å². The van der Waals surface area contributed by atoms with Crippen LogP contribution < -0.4 is 5.56 Å². The minimum Gasteiger partial charge on any atom is -0.308 e. The molecule has 0 aliphatic heterocycles. The van der Waals surface area contributed by atoms with Gasteiger partial charge in [0, 0.05) is 16.7 Å². The van der Waals surface area contributed by atoms with Gasteiger partial charge in [-0.05, 0) is 30.7 Å². The van der Waals surface area contributed by atoms with Gasteiger partial charge in [0.25, 0.3) is 5.56 Å². The van der Waals surface area contributed by atoms with Crippen LogP contribution in [0.1, 0.15) is 18.5 Å². The van der Waals surface area contributed by atoms with Gasteiger partial charge in [-0.3, -0.25) is 4.79 Å². The van der Waals surface area contributed by atoms with E-state index >= 15 is 0 Å². The van der Waals surface area contributed by atoms with E-state index in [0.717, 1.165) is 12.1 Å². The molecule has 1 unspecified atom stereocenters. The predicted octanol–water partition coefficient (Wildman–Crippen LogP) is 3.50. The van der Waals surface area contributed by atoms with Crippen molar-refractivity contribution in [3.05, 3.63) is 68.6 Å². The Morgan fingerprint density at radius 2 is 1.89 bits per heavy atom. The summed E-state index contributed by atoms with van der Waals surface area (Å²) in [6.07, 6.45) is 1.61. The van der Waals surface area contributed by atoms with Gasteiger partial charge in [-0.25, -0.2) is 8.78 Å². The van der Waals surface area contributed by atoms with Gasteiger partial charge in [0.1, 0.15) is 0 Å². The Morgan fingerprint density at radius 3 is 2.50 bits per heavy atom. The molecule has 0 aliphatic rings. The summed E-state index contributed by atoms with van der Waals surface area (Å²) in [6.45, 7) is 1.75. The van der Waals surface area contributed by atoms with Crippen LogP contribution in [0.5, 0.6) is 0 Å². The highest BCUT2D eigenvalue weighted by Gasteiger charge is 2.12. The molecule has 0 fully saturated rings. The van der Waals surface area contributed by atoms with E-state index in [0.29, 0.717) is 10.0 Å². The first-order valence-corrected chi connectivity index (χ1v) is 6.11. The molecule has 0 aliphatic carbocycles. The number of rotatable bonds is 2. The first-order chi connectivity index (χ1) is 8.49. The lowest BCUT2D eigenvalue weighted by Gasteiger charge is -2.15. The second kappa shape index (κ2) is 5.02. The summed E-state index contributed by atoms with van der Waals surface area (Å²) >= 11 is 3.20. The first kappa shape index (κ1) is 13.0. The quantitative estimate of drug-likeness (QED) is 0.831. The Hall–Kier alpha value is -1.49. The minimum atomic E-state index is -0.912. The molecular formula is C13H10BrF2NO. The van der Waals surface area contributed by atoms with Crippen LogP contribution in [0, 0.1) is 11.6 Å². The molecule has 2 nitrogen and oxygen atoms in total. The monoisotopic (exact) mass is 313 g/mol. The fourth-order valence-electron chi connectivity index (χ4n) is 1.72. The van der Waals surface area contributed by atoms with Crippen LogP contribution in [0.4, 0.5) is 8.78 Å². The van der Waals surface area contributed by atoms with Crippen LogP contribution in [-0.2, 0) is 0 Å². The largest absolute Gasteiger partial charge is 0.308 e. The van der Waals surface area contributed by atoms with Crippen molar-refractivity contribution in [1.82, 2.24) is 4.57 Å². The zero-order valence-electron chi connectivity index (χ0n) is 9.53. The molecule has 94 valence electrons. The average Bonchev–Trinajstić information content (AvgIpc) is 2.32. The third-order valence-electron chi connectivity index (χ3n) is 2.75. The van der Waals surface area contributed by atoms with E-state index in [9.17, 15) is 13.6 Å². The lowest BCUT2D eigenvalue weighted by molar-refractivity contribution is 0.502. The Kier molecular flexibility index (Phi) is 3.61. The topological polar surface area (TPSA) is 22.0 Å². The van der Waals surface area contributed by atoms with Crippen molar-refractivity contribution in [2.75, 3.05) is 0 Å². The zero-order valence-corrected chi connectivity index (χ0v) is 11.1. The highest BCUT2D eigenvalue weighted by molar-refractivity contribution is 9.10. The summed E-state index contributed by atoms with van der Waals surface area (Å²) < 4.78 is 28.1. The molecule has 18 heavy (non-hydrogen) atoms. The molecule has 0 saturated heterocycles. The lowest BCUT2D eigenvalue weighted by Crippen LogP contribution is -2.22. The second-order valence-corrected chi connectivity index (χ2v) is 4.86. The van der Waals surface area contributed by atoms with Crippen LogP contribution in [0.15, 0.2) is 45.8 Å². The fraction of sp³-hybridized carbons (Fsp3) is 0.154. The maximum absolute atomic E-state index is 13.2. The summed E-state index contributed by atoms with van der Waals surface area (Å²) in [5, 5.41) is 0. The van der Waals surface area contributed by atoms with Crippen LogP contribution >= 0.6 is 15.9 Å². The normalized spacial score (nSPS) is 12.4. The lowest BCUT2D eigenvalue weighted by atomic mass is 10.1. The number of pyridine rings is 1. The Balaban J connectivity index is 2.44. The molecule has 2 rings (SSSR count). The number of nitrogens with zero attached hydrogens (tertiary/aromatic N) is 1. The molecule has 1 heterocycles. The fourth-order valence-corrected chi connectivity index (χ4v) is 2.03. The molecule has 5 heteroatoms. The highest BCUT2D eigenvalue weighted by atomic mass is 79.9. The molecule has 0 bridgehead atoms. The molecule has 0 amide bonds. The van der Waals surface area contributed by atoms with E-state index in [1.807, 2.05) is 0 Å². The summed E-state index contributed by atoms with van der Waals surface area (Å²) in [4.78, 5) is 11.8. The standard InChI is InChI=1S/C13H10BrF2NO/c1-8(9-2-3-11(15)12(16)6-9)17-5-4-10(14)7-13(17)18/h2-8H,1H3. The van der Waals surface area contributed by atoms with Gasteiger partial charge in [0.05, 0.1) is 6.04 Å². The van der Waals surface area contributed by atoms with Crippen LogP contribution in [0.2, 0.25) is 0 Å². The Bertz CT molecular complexity index is 639. The molecule has 2 aromatic rings. The third kappa shape index (κ3) is 2.51. The predicted molar refractivity (Wildman–Crippen MR) is 68.6 cm³/mol. The van der Waals surface area contributed by atoms with Crippen LogP contribution in [0.3, 0.4) is 0 Å². The number of aromatic nitrogens is 1. The minimum absolute atomic E-state index is 0.207. The maximum atomic E-state index is 13.2. The molecule has 1 atom stereocenters. The van der Waals surface area contributed by atoms with E-state index in [2.05, 4.69) is 15.9 Å². The molecule has 0 spiro atoms. The van der Waals surface area contributed by atoms with Gasteiger partial charge >= 0.3 is 0 Å². The third-order valence-corrected chi connectivity index (χ3v) is 3.25. The molecule has 0 N–H and O–H groups in total. The molecule has 1 aromatic heterocycles. The van der Waals surface area contributed by atoms with Gasteiger partial charge in [0.15, 0.2) is 11.6 Å². The van der Waals surface area contributed by atoms with E-state index in [1.54, 1.807) is 19.2 Å². The van der Waals surface area contributed by atoms with Crippen molar-refractivity contribution in [3.8, 4) is 0 Å². The van der Waals surface area contributed by atoms with Crippen molar-refractivity contribution in [2.24, 2.45) is 0 Å². The van der Waals surface area contributed by atoms with Crippen molar-refractivity contribution >= 4 is 15.9 Å². The van der Waals surface area contributed by atoms with Crippen molar-refractivity contribution in [3.63, 3.8) is 0 Å². The highest BCUT2D eigenvalue weighted by Crippen LogP contribution is 2.19. The molecule has 0 saturated carbocycles. The zero-order chi connectivity index (χ0) is 13.3. The van der Waals surface area contributed by atoms with E-state index < -0.39 is 11.6 Å². The summed E-state index contributed by atoms with van der Waals surface area (Å²) in [5.74, 6) is -1.81. The summed E-state index contributed by atoms with van der Waals surface area (Å²) in [5.41, 5.74) is 0.333. The Morgan fingerprint density at radius 1 is 1.17 bits per heavy atom. The number of hydrogen-bond donors (Lipinski definition) is 0. The van der Waals surface area contributed by atoms with Crippen LogP contribution in [-0.4, -0.2) is 4.57 Å². The Labute approximate surface area is 111 Å². The SMILES string of the molecule is CC(c1ccc(F)c(F)c1)n1ccc(Br)cc1=O. The molecule has 1 aromatic carbocycles. The molecular weight excluding hydrogens is 304 g/mol. The summed E-state index contributed by atoms with van der Waals surface area (Å²) in [7, 11) is 0. The first-order valence-electron chi connectivity index (χ1n) is 5.31. The number of hydrogen-bond acceptors (Lipinski definition) is 1. The van der Waals surface area contributed by atoms with Gasteiger partial charge in [0.2, 0.25) is 0 Å². The van der Waals surface area contributed by atoms with Gasteiger partial charge in [-0.1, -0.05) is 22.0 Å².